The largest absolute Gasteiger partial charge is 0.481 e. The molecule has 36 heavy (non-hydrogen) atoms. The average Bonchev–Trinajstić information content (AvgIpc) is 3.23. The number of benzene rings is 1. The average molecular weight is 504 g/mol. The molecule has 0 saturated carbocycles. The van der Waals surface area contributed by atoms with Gasteiger partial charge in [0.25, 0.3) is 0 Å². The molecular formula is C24H33N5O7. The number of aliphatic carboxylic acids is 2. The monoisotopic (exact) mass is 503 g/mol. The molecule has 0 aliphatic heterocycles. The fourth-order valence-corrected chi connectivity index (χ4v) is 3.63. The number of hydrogen-bond acceptors (Lipinski definition) is 6. The minimum Gasteiger partial charge on any atom is -0.481 e. The fraction of sp³-hybridized carbons (Fsp3) is 0.458. The van der Waals surface area contributed by atoms with Crippen LogP contribution in [0.3, 0.4) is 0 Å². The van der Waals surface area contributed by atoms with E-state index in [1.807, 2.05) is 24.3 Å². The van der Waals surface area contributed by atoms with Crippen molar-refractivity contribution in [1.82, 2.24) is 20.9 Å². The molecule has 2 rings (SSSR count). The lowest BCUT2D eigenvalue weighted by atomic mass is 9.97. The molecule has 196 valence electrons. The van der Waals surface area contributed by atoms with E-state index in [0.29, 0.717) is 12.0 Å². The van der Waals surface area contributed by atoms with Gasteiger partial charge in [-0.25, -0.2) is 4.79 Å². The number of carboxylic acid groups (broad SMARTS) is 2. The van der Waals surface area contributed by atoms with Crippen LogP contribution in [0, 0.1) is 5.92 Å². The van der Waals surface area contributed by atoms with Crippen LogP contribution in [-0.4, -0.2) is 69.0 Å². The minimum atomic E-state index is -1.34. The second-order valence-electron chi connectivity index (χ2n) is 8.77. The van der Waals surface area contributed by atoms with Crippen molar-refractivity contribution in [2.45, 2.75) is 64.2 Å². The lowest BCUT2D eigenvalue weighted by Gasteiger charge is -2.26. The molecule has 5 atom stereocenters. The molecule has 12 heteroatoms. The highest BCUT2D eigenvalue weighted by atomic mass is 16.4. The Morgan fingerprint density at radius 3 is 2.25 bits per heavy atom. The number of para-hydroxylation sites is 1. The maximum atomic E-state index is 12.9. The van der Waals surface area contributed by atoms with Crippen LogP contribution < -0.4 is 21.7 Å². The van der Waals surface area contributed by atoms with E-state index >= 15 is 0 Å². The smallest absolute Gasteiger partial charge is 0.326 e. The molecule has 0 aliphatic carbocycles. The fourth-order valence-electron chi connectivity index (χ4n) is 3.63. The molecule has 12 nitrogen and oxygen atoms in total. The summed E-state index contributed by atoms with van der Waals surface area (Å²) in [5.74, 6) is -5.04. The van der Waals surface area contributed by atoms with Gasteiger partial charge in [0.15, 0.2) is 0 Å². The number of nitrogens with two attached hydrogens (primary N) is 1. The van der Waals surface area contributed by atoms with Gasteiger partial charge in [-0.3, -0.25) is 19.2 Å². The number of amides is 3. The van der Waals surface area contributed by atoms with Gasteiger partial charge in [0.2, 0.25) is 17.7 Å². The summed E-state index contributed by atoms with van der Waals surface area (Å²) in [6, 6.07) is 2.60. The topological polar surface area (TPSA) is 204 Å². The van der Waals surface area contributed by atoms with Crippen LogP contribution >= 0.6 is 0 Å². The zero-order chi connectivity index (χ0) is 27.0. The van der Waals surface area contributed by atoms with E-state index in [1.165, 1.54) is 6.92 Å². The third kappa shape index (κ3) is 7.54. The first-order valence-electron chi connectivity index (χ1n) is 11.6. The molecule has 0 bridgehead atoms. The summed E-state index contributed by atoms with van der Waals surface area (Å²) in [6.45, 7) is 4.90. The number of carbonyl (C=O) groups excluding carboxylic acids is 3. The molecule has 0 saturated heterocycles. The van der Waals surface area contributed by atoms with Crippen LogP contribution in [0.2, 0.25) is 0 Å². The summed E-state index contributed by atoms with van der Waals surface area (Å²) in [5, 5.41) is 26.7. The number of carboxylic acids is 2. The van der Waals surface area contributed by atoms with Crippen LogP contribution in [0.4, 0.5) is 0 Å². The highest BCUT2D eigenvalue weighted by Gasteiger charge is 2.31. The third-order valence-electron chi connectivity index (χ3n) is 5.99. The molecule has 8 N–H and O–H groups in total. The van der Waals surface area contributed by atoms with Crippen molar-refractivity contribution in [3.63, 3.8) is 0 Å². The van der Waals surface area contributed by atoms with Gasteiger partial charge in [-0.05, 0) is 24.5 Å². The molecule has 1 aromatic carbocycles. The van der Waals surface area contributed by atoms with Crippen molar-refractivity contribution >= 4 is 40.6 Å². The maximum Gasteiger partial charge on any atom is 0.326 e. The first-order chi connectivity index (χ1) is 16.9. The zero-order valence-electron chi connectivity index (χ0n) is 20.4. The van der Waals surface area contributed by atoms with Gasteiger partial charge in [-0.2, -0.15) is 0 Å². The van der Waals surface area contributed by atoms with E-state index < -0.39 is 60.2 Å². The second kappa shape index (κ2) is 12.7. The Labute approximate surface area is 208 Å². The van der Waals surface area contributed by atoms with Crippen molar-refractivity contribution < 1.29 is 34.2 Å². The first kappa shape index (κ1) is 28.3. The highest BCUT2D eigenvalue weighted by molar-refractivity contribution is 5.95. The standard InChI is InChI=1S/C24H33N5O7/c1-4-12(2)20(29-22(33)16(25)10-19(30)31)23(34)27-13(3)21(32)28-18(24(35)36)9-14-11-26-17-8-6-5-7-15(14)17/h5-8,11-13,16,18,20,26H,4,9-10,25H2,1-3H3,(H,27,34)(H,28,32)(H,29,33)(H,30,31)(H,35,36). The number of aromatic nitrogens is 1. The van der Waals surface area contributed by atoms with Gasteiger partial charge in [0.05, 0.1) is 12.5 Å². The molecule has 0 aliphatic rings. The van der Waals surface area contributed by atoms with E-state index in [9.17, 15) is 29.1 Å². The number of aromatic amines is 1. The predicted molar refractivity (Wildman–Crippen MR) is 131 cm³/mol. The van der Waals surface area contributed by atoms with Crippen molar-refractivity contribution in [3.05, 3.63) is 36.0 Å². The van der Waals surface area contributed by atoms with Gasteiger partial charge in [-0.15, -0.1) is 0 Å². The van der Waals surface area contributed by atoms with Crippen LogP contribution in [0.1, 0.15) is 39.2 Å². The number of fused-ring (bicyclic) bond motifs is 1. The Balaban J connectivity index is 2.05. The Hall–Kier alpha value is -3.93. The molecule has 1 heterocycles. The van der Waals surface area contributed by atoms with Gasteiger partial charge < -0.3 is 36.9 Å². The van der Waals surface area contributed by atoms with E-state index in [2.05, 4.69) is 20.9 Å². The summed E-state index contributed by atoms with van der Waals surface area (Å²) in [6.07, 6.45) is 1.61. The Kier molecular flexibility index (Phi) is 9.97. The lowest BCUT2D eigenvalue weighted by Crippen LogP contribution is -2.58. The van der Waals surface area contributed by atoms with Crippen molar-refractivity contribution in [2.24, 2.45) is 11.7 Å². The maximum absolute atomic E-state index is 12.9. The molecular weight excluding hydrogens is 470 g/mol. The van der Waals surface area contributed by atoms with Crippen LogP contribution in [-0.2, 0) is 30.4 Å². The predicted octanol–water partition coefficient (Wildman–Crippen LogP) is 0.117. The van der Waals surface area contributed by atoms with Crippen molar-refractivity contribution in [2.75, 3.05) is 0 Å². The van der Waals surface area contributed by atoms with E-state index in [0.717, 1.165) is 10.9 Å². The van der Waals surface area contributed by atoms with E-state index in [1.54, 1.807) is 20.0 Å². The molecule has 0 radical (unpaired) electrons. The number of nitrogens with one attached hydrogen (secondary N) is 4. The normalized spacial score (nSPS) is 15.2. The molecule has 0 spiro atoms. The Morgan fingerprint density at radius 2 is 1.64 bits per heavy atom. The molecule has 1 aromatic heterocycles. The van der Waals surface area contributed by atoms with Gasteiger partial charge in [-0.1, -0.05) is 38.5 Å². The summed E-state index contributed by atoms with van der Waals surface area (Å²) in [7, 11) is 0. The molecule has 2 aromatic rings. The van der Waals surface area contributed by atoms with Crippen LogP contribution in [0.25, 0.3) is 10.9 Å². The number of H-pyrrole nitrogens is 1. The van der Waals surface area contributed by atoms with Crippen LogP contribution in [0.5, 0.6) is 0 Å². The van der Waals surface area contributed by atoms with Crippen molar-refractivity contribution in [3.8, 4) is 0 Å². The SMILES string of the molecule is CCC(C)C(NC(=O)C(N)CC(=O)O)C(=O)NC(C)C(=O)NC(Cc1c[nH]c2ccccc12)C(=O)O. The summed E-state index contributed by atoms with van der Waals surface area (Å²) >= 11 is 0. The van der Waals surface area contributed by atoms with Gasteiger partial charge >= 0.3 is 11.9 Å². The number of rotatable bonds is 13. The summed E-state index contributed by atoms with van der Waals surface area (Å²) < 4.78 is 0. The van der Waals surface area contributed by atoms with Gasteiger partial charge in [0.1, 0.15) is 18.1 Å². The summed E-state index contributed by atoms with van der Waals surface area (Å²) in [4.78, 5) is 63.6. The third-order valence-corrected chi connectivity index (χ3v) is 5.99. The quantitative estimate of drug-likeness (QED) is 0.199. The highest BCUT2D eigenvalue weighted by Crippen LogP contribution is 2.19. The molecule has 0 fully saturated rings. The first-order valence-corrected chi connectivity index (χ1v) is 11.6. The number of hydrogen-bond donors (Lipinski definition) is 7. The van der Waals surface area contributed by atoms with E-state index in [-0.39, 0.29) is 12.3 Å². The van der Waals surface area contributed by atoms with E-state index in [4.69, 9.17) is 10.8 Å². The Bertz CT molecular complexity index is 1120. The second-order valence-corrected chi connectivity index (χ2v) is 8.77. The lowest BCUT2D eigenvalue weighted by molar-refractivity contribution is -0.142. The molecule has 3 amide bonds. The summed E-state index contributed by atoms with van der Waals surface area (Å²) in [5.41, 5.74) is 7.14. The van der Waals surface area contributed by atoms with Crippen molar-refractivity contribution in [1.29, 1.82) is 0 Å². The Morgan fingerprint density at radius 1 is 0.972 bits per heavy atom. The minimum absolute atomic E-state index is 0.0266. The van der Waals surface area contributed by atoms with Gasteiger partial charge in [0, 0.05) is 23.5 Å². The molecule has 5 unspecified atom stereocenters. The van der Waals surface area contributed by atoms with Crippen LogP contribution in [0.15, 0.2) is 30.5 Å². The zero-order valence-corrected chi connectivity index (χ0v) is 20.4. The number of carbonyl (C=O) groups is 5.